The van der Waals surface area contributed by atoms with Crippen LogP contribution in [0.2, 0.25) is 0 Å². The van der Waals surface area contributed by atoms with E-state index >= 15 is 0 Å². The van der Waals surface area contributed by atoms with Crippen molar-refractivity contribution in [3.63, 3.8) is 0 Å². The second-order valence-corrected chi connectivity index (χ2v) is 6.57. The number of furan rings is 1. The second-order valence-electron chi connectivity index (χ2n) is 5.58. The van der Waals surface area contributed by atoms with Gasteiger partial charge in [-0.2, -0.15) is 0 Å². The van der Waals surface area contributed by atoms with Crippen LogP contribution in [0.4, 0.5) is 0 Å². The van der Waals surface area contributed by atoms with E-state index < -0.39 is 0 Å². The van der Waals surface area contributed by atoms with E-state index in [1.54, 1.807) is 18.0 Å². The van der Waals surface area contributed by atoms with Crippen molar-refractivity contribution in [3.05, 3.63) is 90.7 Å². The van der Waals surface area contributed by atoms with Gasteiger partial charge in [0.15, 0.2) is 10.9 Å². The maximum atomic E-state index is 5.53. The number of thioether (sulfide) groups is 1. The molecule has 0 aliphatic rings. The van der Waals surface area contributed by atoms with Crippen LogP contribution in [0.5, 0.6) is 0 Å². The molecule has 0 N–H and O–H groups in total. The fourth-order valence-electron chi connectivity index (χ4n) is 2.61. The van der Waals surface area contributed by atoms with Gasteiger partial charge in [-0.25, -0.2) is 0 Å². The molecule has 0 radical (unpaired) electrons. The zero-order valence-electron chi connectivity index (χ0n) is 14.0. The van der Waals surface area contributed by atoms with Crippen LogP contribution in [-0.2, 0) is 0 Å². The van der Waals surface area contributed by atoms with Gasteiger partial charge in [-0.1, -0.05) is 72.4 Å². The minimum Gasteiger partial charge on any atom is -0.461 e. The third-order valence-corrected chi connectivity index (χ3v) is 4.69. The van der Waals surface area contributed by atoms with Crippen molar-refractivity contribution in [2.45, 2.75) is 5.16 Å². The molecule has 4 aromatic rings. The van der Waals surface area contributed by atoms with Gasteiger partial charge in [0, 0.05) is 11.4 Å². The molecule has 128 valence electrons. The minimum absolute atomic E-state index is 0.702. The first-order chi connectivity index (χ1) is 12.9. The van der Waals surface area contributed by atoms with Crippen molar-refractivity contribution in [3.8, 4) is 17.3 Å². The van der Waals surface area contributed by atoms with E-state index in [9.17, 15) is 0 Å². The van der Waals surface area contributed by atoms with E-state index in [-0.39, 0.29) is 0 Å². The van der Waals surface area contributed by atoms with Gasteiger partial charge in [0.1, 0.15) is 0 Å². The van der Waals surface area contributed by atoms with Gasteiger partial charge in [0.05, 0.1) is 6.26 Å². The molecule has 26 heavy (non-hydrogen) atoms. The molecule has 4 nitrogen and oxygen atoms in total. The predicted octanol–water partition coefficient (Wildman–Crippen LogP) is 5.33. The molecule has 2 heterocycles. The summed E-state index contributed by atoms with van der Waals surface area (Å²) in [6, 6.07) is 24.1. The molecule has 4 rings (SSSR count). The Morgan fingerprint density at radius 3 is 2.38 bits per heavy atom. The Bertz CT molecular complexity index is 977. The van der Waals surface area contributed by atoms with E-state index in [0.717, 1.165) is 16.6 Å². The van der Waals surface area contributed by atoms with Crippen molar-refractivity contribution in [2.24, 2.45) is 0 Å². The number of hydrogen-bond donors (Lipinski definition) is 0. The Labute approximate surface area is 156 Å². The Morgan fingerprint density at radius 1 is 0.885 bits per heavy atom. The lowest BCUT2D eigenvalue weighted by Crippen LogP contribution is -1.99. The number of nitrogens with zero attached hydrogens (tertiary/aromatic N) is 3. The van der Waals surface area contributed by atoms with Gasteiger partial charge in [-0.3, -0.25) is 4.57 Å². The van der Waals surface area contributed by atoms with Crippen LogP contribution >= 0.6 is 11.8 Å². The lowest BCUT2D eigenvalue weighted by atomic mass is 10.2. The molecule has 0 aliphatic carbocycles. The lowest BCUT2D eigenvalue weighted by molar-refractivity contribution is 0.575. The smallest absolute Gasteiger partial charge is 0.205 e. The maximum absolute atomic E-state index is 5.53. The minimum atomic E-state index is 0.702. The number of aromatic nitrogens is 3. The fraction of sp³-hybridized carbons (Fsp3) is 0.0476. The van der Waals surface area contributed by atoms with Crippen molar-refractivity contribution < 1.29 is 4.42 Å². The number of rotatable bonds is 6. The summed E-state index contributed by atoms with van der Waals surface area (Å²) < 4.78 is 7.56. The topological polar surface area (TPSA) is 43.9 Å². The van der Waals surface area contributed by atoms with E-state index in [1.165, 1.54) is 5.56 Å². The van der Waals surface area contributed by atoms with Gasteiger partial charge in [-0.15, -0.1) is 10.2 Å². The van der Waals surface area contributed by atoms with Crippen LogP contribution in [-0.4, -0.2) is 20.5 Å². The fourth-order valence-corrected chi connectivity index (χ4v) is 3.37. The summed E-state index contributed by atoms with van der Waals surface area (Å²) in [6.45, 7) is 0. The number of hydrogen-bond acceptors (Lipinski definition) is 4. The molecular formula is C21H17N3OS. The first-order valence-corrected chi connectivity index (χ1v) is 9.29. The summed E-state index contributed by atoms with van der Waals surface area (Å²) in [5, 5.41) is 9.55. The molecule has 0 bridgehead atoms. The van der Waals surface area contributed by atoms with Crippen molar-refractivity contribution in [1.82, 2.24) is 14.8 Å². The van der Waals surface area contributed by atoms with Gasteiger partial charge in [0.2, 0.25) is 5.82 Å². The summed E-state index contributed by atoms with van der Waals surface area (Å²) in [6.07, 6.45) is 5.90. The summed E-state index contributed by atoms with van der Waals surface area (Å²) in [5.74, 6) is 2.21. The molecule has 2 aromatic heterocycles. The molecule has 0 spiro atoms. The van der Waals surface area contributed by atoms with Crippen LogP contribution < -0.4 is 0 Å². The first kappa shape index (κ1) is 16.4. The Kier molecular flexibility index (Phi) is 4.98. The molecule has 0 amide bonds. The summed E-state index contributed by atoms with van der Waals surface area (Å²) >= 11 is 1.64. The Balaban J connectivity index is 1.59. The molecule has 0 atom stereocenters. The van der Waals surface area contributed by atoms with Gasteiger partial charge in [-0.05, 0) is 29.8 Å². The maximum Gasteiger partial charge on any atom is 0.205 e. The quantitative estimate of drug-likeness (QED) is 0.436. The third kappa shape index (κ3) is 3.63. The largest absolute Gasteiger partial charge is 0.461 e. The summed E-state index contributed by atoms with van der Waals surface area (Å²) in [4.78, 5) is 0. The molecule has 0 fully saturated rings. The zero-order valence-corrected chi connectivity index (χ0v) is 14.8. The highest BCUT2D eigenvalue weighted by molar-refractivity contribution is 7.99. The van der Waals surface area contributed by atoms with Crippen molar-refractivity contribution >= 4 is 17.8 Å². The first-order valence-electron chi connectivity index (χ1n) is 8.31. The normalized spacial score (nSPS) is 11.2. The van der Waals surface area contributed by atoms with Crippen LogP contribution in [0, 0.1) is 0 Å². The van der Waals surface area contributed by atoms with Crippen molar-refractivity contribution in [2.75, 3.05) is 5.75 Å². The molecule has 0 aliphatic heterocycles. The highest BCUT2D eigenvalue weighted by Gasteiger charge is 2.17. The third-order valence-electron chi connectivity index (χ3n) is 3.81. The van der Waals surface area contributed by atoms with E-state index in [2.05, 4.69) is 34.5 Å². The van der Waals surface area contributed by atoms with Crippen molar-refractivity contribution in [1.29, 1.82) is 0 Å². The monoisotopic (exact) mass is 359 g/mol. The lowest BCUT2D eigenvalue weighted by Gasteiger charge is -2.08. The second kappa shape index (κ2) is 7.89. The SMILES string of the molecule is C(=Cc1ccccc1)CSc1nnc(-c2ccco2)n1-c1ccccc1. The highest BCUT2D eigenvalue weighted by atomic mass is 32.2. The summed E-state index contributed by atoms with van der Waals surface area (Å²) in [7, 11) is 0. The number of para-hydroxylation sites is 1. The van der Waals surface area contributed by atoms with Crippen LogP contribution in [0.15, 0.2) is 94.7 Å². The van der Waals surface area contributed by atoms with Gasteiger partial charge < -0.3 is 4.42 Å². The van der Waals surface area contributed by atoms with Crippen LogP contribution in [0.1, 0.15) is 5.56 Å². The molecule has 0 saturated heterocycles. The summed E-state index contributed by atoms with van der Waals surface area (Å²) in [5.41, 5.74) is 2.20. The Morgan fingerprint density at radius 2 is 1.65 bits per heavy atom. The molecule has 0 unspecified atom stereocenters. The van der Waals surface area contributed by atoms with Gasteiger partial charge >= 0.3 is 0 Å². The Hall–Kier alpha value is -3.05. The average molecular weight is 359 g/mol. The van der Waals surface area contributed by atoms with E-state index in [0.29, 0.717) is 11.6 Å². The zero-order chi connectivity index (χ0) is 17.6. The standard InChI is InChI=1S/C21H17N3OS/c1-3-9-17(10-4-1)11-8-16-26-21-23-22-20(19-14-7-15-25-19)24(21)18-12-5-2-6-13-18/h1-15H,16H2. The van der Waals surface area contributed by atoms with Crippen LogP contribution in [0.25, 0.3) is 23.3 Å². The molecule has 0 saturated carbocycles. The molecule has 5 heteroatoms. The molecule has 2 aromatic carbocycles. The number of benzene rings is 2. The van der Waals surface area contributed by atoms with E-state index in [4.69, 9.17) is 4.42 Å². The van der Waals surface area contributed by atoms with E-state index in [1.807, 2.05) is 65.2 Å². The predicted molar refractivity (Wildman–Crippen MR) is 105 cm³/mol. The van der Waals surface area contributed by atoms with Gasteiger partial charge in [0.25, 0.3) is 0 Å². The highest BCUT2D eigenvalue weighted by Crippen LogP contribution is 2.28. The molecular weight excluding hydrogens is 342 g/mol. The van der Waals surface area contributed by atoms with Crippen LogP contribution in [0.3, 0.4) is 0 Å². The average Bonchev–Trinajstić information content (AvgIpc) is 3.36.